The normalized spacial score (nSPS) is 15.8. The van der Waals surface area contributed by atoms with Crippen LogP contribution in [0.25, 0.3) is 10.9 Å². The van der Waals surface area contributed by atoms with Crippen LogP contribution in [0.4, 0.5) is 0 Å². The minimum atomic E-state index is -0.804. The topological polar surface area (TPSA) is 83.6 Å². The molecule has 1 atom stereocenters. The Balaban J connectivity index is 1.54. The van der Waals surface area contributed by atoms with Crippen LogP contribution in [-0.4, -0.2) is 29.7 Å². The molecule has 164 valence electrons. The van der Waals surface area contributed by atoms with Gasteiger partial charge < -0.3 is 24.9 Å². The first kappa shape index (κ1) is 21.2. The van der Waals surface area contributed by atoms with Gasteiger partial charge in [0.1, 0.15) is 18.1 Å². The standard InChI is InChI=1S/C25H30N2O4/c1-15(2)10-16-4-5-17(23(11-16)30-3)14-31-18-6-7-21-20(12-18)19-8-9-26-22(13-24(28)29)25(19)27-21/h4-7,11-12,15,22,26-27H,8-10,13-14H2,1-3H3,(H,28,29)/t22-/m0/s1. The number of aromatic amines is 1. The molecule has 0 aliphatic carbocycles. The van der Waals surface area contributed by atoms with Gasteiger partial charge in [0.2, 0.25) is 0 Å². The largest absolute Gasteiger partial charge is 0.496 e. The van der Waals surface area contributed by atoms with E-state index in [0.717, 1.165) is 53.0 Å². The lowest BCUT2D eigenvalue weighted by molar-refractivity contribution is -0.137. The summed E-state index contributed by atoms with van der Waals surface area (Å²) in [6.45, 7) is 5.61. The molecule has 1 aliphatic rings. The number of hydrogen-bond donors (Lipinski definition) is 3. The van der Waals surface area contributed by atoms with Crippen molar-refractivity contribution in [1.29, 1.82) is 0 Å². The lowest BCUT2D eigenvalue weighted by Gasteiger charge is -2.22. The molecule has 3 aromatic rings. The molecule has 6 nitrogen and oxygen atoms in total. The molecule has 6 heteroatoms. The van der Waals surface area contributed by atoms with Gasteiger partial charge in [-0.05, 0) is 60.7 Å². The van der Waals surface area contributed by atoms with Crippen molar-refractivity contribution in [2.24, 2.45) is 5.92 Å². The molecule has 2 heterocycles. The molecular formula is C25H30N2O4. The van der Waals surface area contributed by atoms with Crippen molar-refractivity contribution in [3.05, 3.63) is 58.8 Å². The number of carbonyl (C=O) groups is 1. The summed E-state index contributed by atoms with van der Waals surface area (Å²) < 4.78 is 11.7. The summed E-state index contributed by atoms with van der Waals surface area (Å²) in [7, 11) is 1.69. The number of carboxylic acid groups (broad SMARTS) is 1. The second kappa shape index (κ2) is 9.02. The van der Waals surface area contributed by atoms with Gasteiger partial charge in [-0.1, -0.05) is 26.0 Å². The number of nitrogens with one attached hydrogen (secondary N) is 2. The zero-order chi connectivity index (χ0) is 22.0. The highest BCUT2D eigenvalue weighted by Crippen LogP contribution is 2.34. The fourth-order valence-electron chi connectivity index (χ4n) is 4.39. The second-order valence-corrected chi connectivity index (χ2v) is 8.61. The van der Waals surface area contributed by atoms with Crippen molar-refractivity contribution < 1.29 is 19.4 Å². The maximum Gasteiger partial charge on any atom is 0.305 e. The Kier molecular flexibility index (Phi) is 6.18. The first-order chi connectivity index (χ1) is 14.9. The van der Waals surface area contributed by atoms with Gasteiger partial charge in [0, 0.05) is 22.2 Å². The Labute approximate surface area is 182 Å². The number of fused-ring (bicyclic) bond motifs is 3. The highest BCUT2D eigenvalue weighted by Gasteiger charge is 2.25. The summed E-state index contributed by atoms with van der Waals surface area (Å²) in [5.41, 5.74) is 5.44. The van der Waals surface area contributed by atoms with Gasteiger partial charge in [-0.25, -0.2) is 0 Å². The van der Waals surface area contributed by atoms with Crippen molar-refractivity contribution >= 4 is 16.9 Å². The van der Waals surface area contributed by atoms with Gasteiger partial charge in [-0.2, -0.15) is 0 Å². The Morgan fingerprint density at radius 1 is 1.23 bits per heavy atom. The summed E-state index contributed by atoms with van der Waals surface area (Å²) in [5, 5.41) is 13.6. The van der Waals surface area contributed by atoms with E-state index < -0.39 is 5.97 Å². The average Bonchev–Trinajstić information content (AvgIpc) is 3.11. The van der Waals surface area contributed by atoms with Crippen LogP contribution < -0.4 is 14.8 Å². The van der Waals surface area contributed by atoms with Crippen LogP contribution in [0.1, 0.15) is 48.7 Å². The van der Waals surface area contributed by atoms with E-state index in [-0.39, 0.29) is 12.5 Å². The minimum Gasteiger partial charge on any atom is -0.496 e. The number of methoxy groups -OCH3 is 1. The van der Waals surface area contributed by atoms with Crippen molar-refractivity contribution in [3.8, 4) is 11.5 Å². The zero-order valence-corrected chi connectivity index (χ0v) is 18.3. The van der Waals surface area contributed by atoms with E-state index in [2.05, 4.69) is 42.3 Å². The Hall–Kier alpha value is -2.99. The van der Waals surface area contributed by atoms with Gasteiger partial charge in [0.05, 0.1) is 19.6 Å². The molecule has 0 spiro atoms. The van der Waals surface area contributed by atoms with Crippen LogP contribution in [0, 0.1) is 5.92 Å². The molecule has 1 aromatic heterocycles. The predicted octanol–water partition coefficient (Wildman–Crippen LogP) is 4.62. The SMILES string of the molecule is COc1cc(CC(C)C)ccc1COc1ccc2[nH]c3c(c2c1)CCN[C@H]3CC(=O)O. The molecule has 2 aromatic carbocycles. The summed E-state index contributed by atoms with van der Waals surface area (Å²) in [6, 6.07) is 12.1. The lowest BCUT2D eigenvalue weighted by Crippen LogP contribution is -2.31. The third-order valence-electron chi connectivity index (χ3n) is 5.79. The molecule has 0 radical (unpaired) electrons. The number of H-pyrrole nitrogens is 1. The number of rotatable bonds is 8. The average molecular weight is 423 g/mol. The van der Waals surface area contributed by atoms with E-state index in [1.54, 1.807) is 7.11 Å². The summed E-state index contributed by atoms with van der Waals surface area (Å²) in [4.78, 5) is 14.6. The maximum atomic E-state index is 11.2. The molecule has 1 aliphatic heterocycles. The third kappa shape index (κ3) is 4.69. The van der Waals surface area contributed by atoms with Crippen molar-refractivity contribution in [1.82, 2.24) is 10.3 Å². The van der Waals surface area contributed by atoms with Crippen LogP contribution in [0.2, 0.25) is 0 Å². The first-order valence-electron chi connectivity index (χ1n) is 10.8. The molecule has 0 unspecified atom stereocenters. The summed E-state index contributed by atoms with van der Waals surface area (Å²) >= 11 is 0. The van der Waals surface area contributed by atoms with E-state index in [1.165, 1.54) is 11.1 Å². The molecule has 3 N–H and O–H groups in total. The van der Waals surface area contributed by atoms with Crippen molar-refractivity contribution in [2.45, 2.75) is 45.8 Å². The molecule has 0 saturated carbocycles. The van der Waals surface area contributed by atoms with Crippen LogP contribution in [0.3, 0.4) is 0 Å². The molecule has 0 fully saturated rings. The quantitative estimate of drug-likeness (QED) is 0.494. The second-order valence-electron chi connectivity index (χ2n) is 8.61. The summed E-state index contributed by atoms with van der Waals surface area (Å²) in [5.74, 6) is 1.43. The predicted molar refractivity (Wildman–Crippen MR) is 121 cm³/mol. The van der Waals surface area contributed by atoms with Gasteiger partial charge in [-0.3, -0.25) is 4.79 Å². The number of benzene rings is 2. The molecule has 31 heavy (non-hydrogen) atoms. The fraction of sp³-hybridized carbons (Fsp3) is 0.400. The van der Waals surface area contributed by atoms with Gasteiger partial charge in [0.25, 0.3) is 0 Å². The van der Waals surface area contributed by atoms with Crippen molar-refractivity contribution in [3.63, 3.8) is 0 Å². The number of carboxylic acids is 1. The van der Waals surface area contributed by atoms with Crippen molar-refractivity contribution in [2.75, 3.05) is 13.7 Å². The minimum absolute atomic E-state index is 0.0653. The van der Waals surface area contributed by atoms with Gasteiger partial charge >= 0.3 is 5.97 Å². The third-order valence-corrected chi connectivity index (χ3v) is 5.79. The van der Waals surface area contributed by atoms with Crippen LogP contribution in [-0.2, 0) is 24.2 Å². The highest BCUT2D eigenvalue weighted by molar-refractivity contribution is 5.86. The number of ether oxygens (including phenoxy) is 2. The summed E-state index contributed by atoms with van der Waals surface area (Å²) in [6.07, 6.45) is 1.94. The van der Waals surface area contributed by atoms with E-state index in [0.29, 0.717) is 12.5 Å². The zero-order valence-electron chi connectivity index (χ0n) is 18.3. The Morgan fingerprint density at radius 2 is 2.06 bits per heavy atom. The molecule has 4 rings (SSSR count). The smallest absolute Gasteiger partial charge is 0.305 e. The monoisotopic (exact) mass is 422 g/mol. The Bertz CT molecular complexity index is 1090. The number of hydrogen-bond acceptors (Lipinski definition) is 4. The van der Waals surface area contributed by atoms with E-state index in [1.807, 2.05) is 18.2 Å². The molecular weight excluding hydrogens is 392 g/mol. The molecule has 0 amide bonds. The molecule has 0 bridgehead atoms. The maximum absolute atomic E-state index is 11.2. The van der Waals surface area contributed by atoms with E-state index >= 15 is 0 Å². The van der Waals surface area contributed by atoms with Crippen LogP contribution in [0.5, 0.6) is 11.5 Å². The highest BCUT2D eigenvalue weighted by atomic mass is 16.5. The van der Waals surface area contributed by atoms with Gasteiger partial charge in [0.15, 0.2) is 0 Å². The van der Waals surface area contributed by atoms with Gasteiger partial charge in [-0.15, -0.1) is 0 Å². The Morgan fingerprint density at radius 3 is 2.81 bits per heavy atom. The lowest BCUT2D eigenvalue weighted by atomic mass is 9.97. The first-order valence-corrected chi connectivity index (χ1v) is 10.8. The van der Waals surface area contributed by atoms with E-state index in [9.17, 15) is 9.90 Å². The number of aromatic nitrogens is 1. The van der Waals surface area contributed by atoms with E-state index in [4.69, 9.17) is 9.47 Å². The van der Waals surface area contributed by atoms with Crippen LogP contribution >= 0.6 is 0 Å². The van der Waals surface area contributed by atoms with Crippen LogP contribution in [0.15, 0.2) is 36.4 Å². The fourth-order valence-corrected chi connectivity index (χ4v) is 4.39. The number of aliphatic carboxylic acids is 1. The molecule has 0 saturated heterocycles.